The minimum absolute atomic E-state index is 0.0177. The first kappa shape index (κ1) is 32.0. The summed E-state index contributed by atoms with van der Waals surface area (Å²) in [5.74, 6) is -0.569. The number of hydrogen-bond acceptors (Lipinski definition) is 2. The lowest BCUT2D eigenvalue weighted by Crippen LogP contribution is -2.55. The Morgan fingerprint density at radius 3 is 1.45 bits per heavy atom. The average Bonchev–Trinajstić information content (AvgIpc) is 3.17. The Morgan fingerprint density at radius 2 is 1.05 bits per heavy atom. The van der Waals surface area contributed by atoms with Crippen LogP contribution in [0.2, 0.25) is 0 Å². The van der Waals surface area contributed by atoms with Gasteiger partial charge in [0.15, 0.2) is 0 Å². The second kappa shape index (κ2) is 9.79. The fraction of sp³-hybridized carbons (Fsp3) is 0.444. The molecule has 5 rings (SSSR count). The molecule has 0 spiro atoms. The SMILES string of the molecule is C=C1C2C(C(=C)N1c1cc(C(c3ccc(C)c(C(C)C)c3)(C(F)(F)F)C(F)(F)F)ccc1C)C1C(=C)N(C(C)(C)C)C(=C)C21. The van der Waals surface area contributed by atoms with Crippen molar-refractivity contribution < 1.29 is 26.3 Å². The van der Waals surface area contributed by atoms with Gasteiger partial charge in [-0.05, 0) is 74.4 Å². The molecule has 3 fully saturated rings. The van der Waals surface area contributed by atoms with Crippen molar-refractivity contribution in [2.24, 2.45) is 23.7 Å². The summed E-state index contributed by atoms with van der Waals surface area (Å²) >= 11 is 0. The normalized spacial score (nSPS) is 24.3. The zero-order chi connectivity index (χ0) is 33.1. The van der Waals surface area contributed by atoms with E-state index in [2.05, 4.69) is 52.0 Å². The smallest absolute Gasteiger partial charge is 0.344 e. The van der Waals surface area contributed by atoms with Crippen LogP contribution >= 0.6 is 0 Å². The van der Waals surface area contributed by atoms with Crippen LogP contribution in [-0.2, 0) is 5.41 Å². The molecule has 2 nitrogen and oxygen atoms in total. The van der Waals surface area contributed by atoms with Crippen molar-refractivity contribution in [3.05, 3.63) is 113 Å². The predicted molar refractivity (Wildman–Crippen MR) is 164 cm³/mol. The van der Waals surface area contributed by atoms with Gasteiger partial charge in [0.05, 0.1) is 0 Å². The van der Waals surface area contributed by atoms with E-state index in [1.165, 1.54) is 12.1 Å². The summed E-state index contributed by atoms with van der Waals surface area (Å²) in [6, 6.07) is 6.67. The van der Waals surface area contributed by atoms with Crippen LogP contribution in [0.5, 0.6) is 0 Å². The van der Waals surface area contributed by atoms with Crippen molar-refractivity contribution in [1.29, 1.82) is 0 Å². The van der Waals surface area contributed by atoms with Crippen molar-refractivity contribution in [1.82, 2.24) is 4.90 Å². The van der Waals surface area contributed by atoms with Crippen molar-refractivity contribution in [3.8, 4) is 0 Å². The van der Waals surface area contributed by atoms with Crippen molar-refractivity contribution in [2.75, 3.05) is 4.90 Å². The summed E-state index contributed by atoms with van der Waals surface area (Å²) in [5.41, 5.74) is -1.51. The molecule has 1 saturated carbocycles. The highest BCUT2D eigenvalue weighted by Crippen LogP contribution is 2.69. The molecular formula is C36H40F6N2. The Morgan fingerprint density at radius 1 is 0.636 bits per heavy atom. The number of benzene rings is 2. The maximum absolute atomic E-state index is 15.2. The summed E-state index contributed by atoms with van der Waals surface area (Å²) in [4.78, 5) is 3.80. The number of alkyl halides is 6. The number of hydrogen-bond donors (Lipinski definition) is 0. The summed E-state index contributed by atoms with van der Waals surface area (Å²) in [5, 5.41) is 0. The Balaban J connectivity index is 1.66. The Labute approximate surface area is 256 Å². The van der Waals surface area contributed by atoms with Crippen LogP contribution in [0.25, 0.3) is 0 Å². The maximum atomic E-state index is 15.2. The molecule has 8 heteroatoms. The first-order valence-electron chi connectivity index (χ1n) is 14.8. The van der Waals surface area contributed by atoms with Gasteiger partial charge in [0.25, 0.3) is 0 Å². The van der Waals surface area contributed by atoms with Crippen molar-refractivity contribution >= 4 is 5.69 Å². The summed E-state index contributed by atoms with van der Waals surface area (Å²) in [7, 11) is 0. The fourth-order valence-corrected chi connectivity index (χ4v) is 8.10. The molecule has 2 aliphatic heterocycles. The first-order valence-corrected chi connectivity index (χ1v) is 14.8. The number of likely N-dealkylation sites (tertiary alicyclic amines) is 1. The standard InChI is InChI=1S/C36H40F6N2/c1-18(2)27-16-25(14-12-19(27)3)34(35(37,38)39,36(40,41)42)26-15-13-20(4)28(17-26)43-21(5)29-30(22(43)6)32-24(8)44(33(9,10)11)23(7)31(29)32/h12-18,29-32H,5-8H2,1-4,9-11H3. The molecule has 3 aliphatic rings. The lowest BCUT2D eigenvalue weighted by atomic mass is 9.57. The van der Waals surface area contributed by atoms with E-state index < -0.39 is 28.9 Å². The van der Waals surface area contributed by atoms with Crippen LogP contribution in [0.1, 0.15) is 68.4 Å². The number of nitrogens with zero attached hydrogens (tertiary/aromatic N) is 2. The monoisotopic (exact) mass is 614 g/mol. The minimum atomic E-state index is -5.69. The van der Waals surface area contributed by atoms with E-state index in [9.17, 15) is 0 Å². The minimum Gasteiger partial charge on any atom is -0.344 e. The molecule has 2 aromatic carbocycles. The van der Waals surface area contributed by atoms with Gasteiger partial charge in [-0.25, -0.2) is 0 Å². The van der Waals surface area contributed by atoms with Gasteiger partial charge in [-0.2, -0.15) is 26.3 Å². The Kier molecular flexibility index (Phi) is 7.12. The number of halogens is 6. The number of allylic oxidation sites excluding steroid dienone is 4. The lowest BCUT2D eigenvalue weighted by Gasteiger charge is -2.43. The van der Waals surface area contributed by atoms with Gasteiger partial charge >= 0.3 is 12.4 Å². The van der Waals surface area contributed by atoms with E-state index in [1.54, 1.807) is 32.6 Å². The van der Waals surface area contributed by atoms with Crippen LogP contribution in [0.4, 0.5) is 32.0 Å². The topological polar surface area (TPSA) is 6.48 Å². The third-order valence-corrected chi connectivity index (χ3v) is 9.97. The molecule has 2 heterocycles. The van der Waals surface area contributed by atoms with Gasteiger partial charge in [-0.15, -0.1) is 0 Å². The molecule has 0 amide bonds. The fourth-order valence-electron chi connectivity index (χ4n) is 8.10. The van der Waals surface area contributed by atoms with Crippen LogP contribution < -0.4 is 4.90 Å². The number of rotatable bonds is 4. The van der Waals surface area contributed by atoms with E-state index in [0.717, 1.165) is 35.7 Å². The van der Waals surface area contributed by atoms with E-state index in [1.807, 2.05) is 0 Å². The molecule has 2 aromatic rings. The van der Waals surface area contributed by atoms with Crippen molar-refractivity contribution in [2.45, 2.75) is 77.7 Å². The Bertz CT molecular complexity index is 1530. The zero-order valence-corrected chi connectivity index (χ0v) is 26.3. The van der Waals surface area contributed by atoms with E-state index >= 15 is 26.3 Å². The Hall–Kier alpha value is -3.42. The molecule has 0 N–H and O–H groups in total. The maximum Gasteiger partial charge on any atom is 0.411 e. The van der Waals surface area contributed by atoms with Gasteiger partial charge in [-0.3, -0.25) is 0 Å². The lowest BCUT2D eigenvalue weighted by molar-refractivity contribution is -0.288. The van der Waals surface area contributed by atoms with Crippen LogP contribution in [0.15, 0.2) is 85.5 Å². The molecule has 4 unspecified atom stereocenters. The zero-order valence-electron chi connectivity index (χ0n) is 26.3. The first-order chi connectivity index (χ1) is 20.1. The number of fused-ring (bicyclic) bond motifs is 4. The summed E-state index contributed by atoms with van der Waals surface area (Å²) < 4.78 is 90.9. The highest BCUT2D eigenvalue weighted by molar-refractivity contribution is 5.70. The van der Waals surface area contributed by atoms with Gasteiger partial charge in [0.1, 0.15) is 0 Å². The van der Waals surface area contributed by atoms with Gasteiger partial charge in [0, 0.05) is 57.7 Å². The van der Waals surface area contributed by atoms with Crippen LogP contribution in [0.3, 0.4) is 0 Å². The molecule has 2 saturated heterocycles. The molecular weight excluding hydrogens is 574 g/mol. The van der Waals surface area contributed by atoms with Crippen molar-refractivity contribution in [3.63, 3.8) is 0 Å². The second-order valence-corrected chi connectivity index (χ2v) is 13.9. The van der Waals surface area contributed by atoms with Gasteiger partial charge in [-0.1, -0.05) is 70.5 Å². The molecule has 44 heavy (non-hydrogen) atoms. The number of aryl methyl sites for hydroxylation is 2. The van der Waals surface area contributed by atoms with Gasteiger partial charge in [0.2, 0.25) is 5.41 Å². The molecule has 0 bridgehead atoms. The molecule has 4 atom stereocenters. The van der Waals surface area contributed by atoms with Crippen LogP contribution in [0, 0.1) is 37.5 Å². The predicted octanol–water partition coefficient (Wildman–Crippen LogP) is 10.3. The quantitative estimate of drug-likeness (QED) is 0.316. The van der Waals surface area contributed by atoms with E-state index in [0.29, 0.717) is 28.1 Å². The molecule has 236 valence electrons. The molecule has 1 aliphatic carbocycles. The third kappa shape index (κ3) is 4.15. The average molecular weight is 615 g/mol. The summed E-state index contributed by atoms with van der Waals surface area (Å²) in [6.07, 6.45) is -11.4. The van der Waals surface area contributed by atoms with E-state index in [-0.39, 0.29) is 40.8 Å². The summed E-state index contributed by atoms with van der Waals surface area (Å²) in [6.45, 7) is 30.4. The highest BCUT2D eigenvalue weighted by atomic mass is 19.4. The van der Waals surface area contributed by atoms with E-state index in [4.69, 9.17) is 0 Å². The second-order valence-electron chi connectivity index (χ2n) is 13.9. The third-order valence-electron chi connectivity index (χ3n) is 9.97. The largest absolute Gasteiger partial charge is 0.411 e. The number of anilines is 1. The van der Waals surface area contributed by atoms with Crippen LogP contribution in [-0.4, -0.2) is 22.8 Å². The van der Waals surface area contributed by atoms with Gasteiger partial charge < -0.3 is 9.80 Å². The highest BCUT2D eigenvalue weighted by Gasteiger charge is 2.73. The molecule has 0 aromatic heterocycles. The molecule has 0 radical (unpaired) electrons.